The maximum Gasteiger partial charge on any atom is 0.410 e. The van der Waals surface area contributed by atoms with Gasteiger partial charge in [-0.2, -0.15) is 0 Å². The van der Waals surface area contributed by atoms with Crippen molar-refractivity contribution in [2.75, 3.05) is 24.1 Å². The molecule has 7 heteroatoms. The SMILES string of the molecule is CC(C)(C)OC(=O)N1CC(Nc2nccnc2N)C1. The van der Waals surface area contributed by atoms with Crippen LogP contribution in [0.15, 0.2) is 12.4 Å². The lowest BCUT2D eigenvalue weighted by molar-refractivity contribution is 0.0105. The minimum Gasteiger partial charge on any atom is -0.444 e. The van der Waals surface area contributed by atoms with Crippen LogP contribution < -0.4 is 11.1 Å². The van der Waals surface area contributed by atoms with Crippen LogP contribution in [0.2, 0.25) is 0 Å². The van der Waals surface area contributed by atoms with Crippen molar-refractivity contribution in [2.24, 2.45) is 0 Å². The van der Waals surface area contributed by atoms with Crippen LogP contribution in [-0.4, -0.2) is 45.7 Å². The fourth-order valence-electron chi connectivity index (χ4n) is 1.70. The third-order valence-electron chi connectivity index (χ3n) is 2.60. The highest BCUT2D eigenvalue weighted by atomic mass is 16.6. The highest BCUT2D eigenvalue weighted by molar-refractivity contribution is 5.70. The Morgan fingerprint density at radius 1 is 1.42 bits per heavy atom. The van der Waals surface area contributed by atoms with Gasteiger partial charge in [-0.15, -0.1) is 0 Å². The third kappa shape index (κ3) is 3.46. The Bertz CT molecular complexity index is 465. The summed E-state index contributed by atoms with van der Waals surface area (Å²) in [6.45, 7) is 6.69. The van der Waals surface area contributed by atoms with E-state index in [9.17, 15) is 4.79 Å². The molecule has 0 radical (unpaired) electrons. The van der Waals surface area contributed by atoms with E-state index in [-0.39, 0.29) is 12.1 Å². The van der Waals surface area contributed by atoms with Gasteiger partial charge in [0.05, 0.1) is 6.04 Å². The monoisotopic (exact) mass is 265 g/mol. The molecule has 0 bridgehead atoms. The lowest BCUT2D eigenvalue weighted by Gasteiger charge is -2.40. The summed E-state index contributed by atoms with van der Waals surface area (Å²) in [7, 11) is 0. The van der Waals surface area contributed by atoms with Gasteiger partial charge in [0.15, 0.2) is 11.6 Å². The average Bonchev–Trinajstić information content (AvgIpc) is 2.22. The van der Waals surface area contributed by atoms with Crippen molar-refractivity contribution in [1.82, 2.24) is 14.9 Å². The standard InChI is InChI=1S/C12H19N5O2/c1-12(2,3)19-11(18)17-6-8(7-17)16-10-9(13)14-4-5-15-10/h4-5,8H,6-7H2,1-3H3,(H2,13,14)(H,15,16). The summed E-state index contributed by atoms with van der Waals surface area (Å²) in [4.78, 5) is 21.4. The van der Waals surface area contributed by atoms with Gasteiger partial charge in [-0.3, -0.25) is 0 Å². The quantitative estimate of drug-likeness (QED) is 0.831. The minimum absolute atomic E-state index is 0.131. The van der Waals surface area contributed by atoms with E-state index in [2.05, 4.69) is 15.3 Å². The molecule has 3 N–H and O–H groups in total. The summed E-state index contributed by atoms with van der Waals surface area (Å²) in [6, 6.07) is 0.131. The second kappa shape index (κ2) is 4.91. The van der Waals surface area contributed by atoms with E-state index in [1.165, 1.54) is 6.20 Å². The van der Waals surface area contributed by atoms with Crippen LogP contribution in [0.3, 0.4) is 0 Å². The normalized spacial score (nSPS) is 15.8. The van der Waals surface area contributed by atoms with E-state index < -0.39 is 5.60 Å². The van der Waals surface area contributed by atoms with E-state index in [1.54, 1.807) is 11.1 Å². The first kappa shape index (κ1) is 13.4. The van der Waals surface area contributed by atoms with Gasteiger partial charge in [-0.1, -0.05) is 0 Å². The molecule has 1 aromatic heterocycles. The lowest BCUT2D eigenvalue weighted by Crippen LogP contribution is -2.58. The van der Waals surface area contributed by atoms with E-state index in [1.807, 2.05) is 20.8 Å². The Kier molecular flexibility index (Phi) is 3.46. The van der Waals surface area contributed by atoms with Gasteiger partial charge in [0.2, 0.25) is 0 Å². The highest BCUT2D eigenvalue weighted by Crippen LogP contribution is 2.19. The van der Waals surface area contributed by atoms with Crippen LogP contribution in [0.5, 0.6) is 0 Å². The topological polar surface area (TPSA) is 93.4 Å². The highest BCUT2D eigenvalue weighted by Gasteiger charge is 2.34. The second-order valence-corrected chi connectivity index (χ2v) is 5.52. The Hall–Kier alpha value is -2.05. The number of nitrogens with two attached hydrogens (primary N) is 1. The number of rotatable bonds is 2. The maximum absolute atomic E-state index is 11.7. The number of nitrogens with zero attached hydrogens (tertiary/aromatic N) is 3. The molecule has 0 aliphatic carbocycles. The molecule has 0 atom stereocenters. The number of nitrogen functional groups attached to an aromatic ring is 1. The molecule has 1 amide bonds. The molecule has 2 heterocycles. The van der Waals surface area contributed by atoms with Gasteiger partial charge in [0.1, 0.15) is 5.60 Å². The van der Waals surface area contributed by atoms with E-state index in [4.69, 9.17) is 10.5 Å². The maximum atomic E-state index is 11.7. The molecule has 104 valence electrons. The summed E-state index contributed by atoms with van der Waals surface area (Å²) >= 11 is 0. The van der Waals surface area contributed by atoms with E-state index in [0.29, 0.717) is 24.7 Å². The third-order valence-corrected chi connectivity index (χ3v) is 2.60. The average molecular weight is 265 g/mol. The lowest BCUT2D eigenvalue weighted by atomic mass is 10.1. The van der Waals surface area contributed by atoms with Crippen molar-refractivity contribution in [3.63, 3.8) is 0 Å². The molecule has 0 aromatic carbocycles. The van der Waals surface area contributed by atoms with Crippen LogP contribution in [0.1, 0.15) is 20.8 Å². The van der Waals surface area contributed by atoms with Gasteiger partial charge < -0.3 is 20.7 Å². The summed E-state index contributed by atoms with van der Waals surface area (Å²) < 4.78 is 5.27. The van der Waals surface area contributed by atoms with Crippen LogP contribution in [0, 0.1) is 0 Å². The van der Waals surface area contributed by atoms with Crippen LogP contribution in [0.4, 0.5) is 16.4 Å². The zero-order valence-corrected chi connectivity index (χ0v) is 11.4. The van der Waals surface area contributed by atoms with Gasteiger partial charge >= 0.3 is 6.09 Å². The number of amides is 1. The number of ether oxygens (including phenoxy) is 1. The minimum atomic E-state index is -0.467. The number of carbonyl (C=O) groups is 1. The fourth-order valence-corrected chi connectivity index (χ4v) is 1.70. The Balaban J connectivity index is 1.81. The molecule has 1 aromatic rings. The van der Waals surface area contributed by atoms with E-state index in [0.717, 1.165) is 0 Å². The smallest absolute Gasteiger partial charge is 0.410 e. The number of nitrogens with one attached hydrogen (secondary N) is 1. The molecule has 0 saturated carbocycles. The molecule has 1 fully saturated rings. The molecular formula is C12H19N5O2. The van der Waals surface area contributed by atoms with Crippen molar-refractivity contribution < 1.29 is 9.53 Å². The van der Waals surface area contributed by atoms with Crippen molar-refractivity contribution in [3.8, 4) is 0 Å². The molecule has 0 unspecified atom stereocenters. The summed E-state index contributed by atoms with van der Waals surface area (Å²) in [5.41, 5.74) is 5.22. The van der Waals surface area contributed by atoms with Gasteiger partial charge in [0, 0.05) is 25.5 Å². The first-order chi connectivity index (χ1) is 8.85. The van der Waals surface area contributed by atoms with Crippen LogP contribution in [0.25, 0.3) is 0 Å². The zero-order chi connectivity index (χ0) is 14.0. The molecule has 7 nitrogen and oxygen atoms in total. The molecule has 1 saturated heterocycles. The Morgan fingerprint density at radius 2 is 2.05 bits per heavy atom. The summed E-state index contributed by atoms with van der Waals surface area (Å²) in [5, 5.41) is 3.15. The van der Waals surface area contributed by atoms with Gasteiger partial charge in [-0.25, -0.2) is 14.8 Å². The number of likely N-dealkylation sites (tertiary alicyclic amines) is 1. The number of carbonyl (C=O) groups excluding carboxylic acids is 1. The molecule has 19 heavy (non-hydrogen) atoms. The summed E-state index contributed by atoms with van der Waals surface area (Å²) in [5.74, 6) is 0.912. The fraction of sp³-hybridized carbons (Fsp3) is 0.583. The van der Waals surface area contributed by atoms with Crippen LogP contribution in [-0.2, 0) is 4.74 Å². The largest absolute Gasteiger partial charge is 0.444 e. The first-order valence-electron chi connectivity index (χ1n) is 6.16. The molecule has 1 aliphatic heterocycles. The number of aromatic nitrogens is 2. The molecular weight excluding hydrogens is 246 g/mol. The Labute approximate surface area is 112 Å². The number of anilines is 2. The number of hydrogen-bond acceptors (Lipinski definition) is 6. The predicted molar refractivity (Wildman–Crippen MR) is 71.7 cm³/mol. The van der Waals surface area contributed by atoms with E-state index >= 15 is 0 Å². The summed E-state index contributed by atoms with van der Waals surface area (Å²) in [6.07, 6.45) is 2.81. The molecule has 2 rings (SSSR count). The van der Waals surface area contributed by atoms with Crippen LogP contribution >= 0.6 is 0 Å². The second-order valence-electron chi connectivity index (χ2n) is 5.52. The van der Waals surface area contributed by atoms with Crippen molar-refractivity contribution in [3.05, 3.63) is 12.4 Å². The van der Waals surface area contributed by atoms with Crippen molar-refractivity contribution in [1.29, 1.82) is 0 Å². The van der Waals surface area contributed by atoms with Crippen molar-refractivity contribution >= 4 is 17.7 Å². The zero-order valence-electron chi connectivity index (χ0n) is 11.4. The Morgan fingerprint density at radius 3 is 2.63 bits per heavy atom. The van der Waals surface area contributed by atoms with Crippen molar-refractivity contribution in [2.45, 2.75) is 32.4 Å². The first-order valence-corrected chi connectivity index (χ1v) is 6.16. The van der Waals surface area contributed by atoms with Gasteiger partial charge in [0.25, 0.3) is 0 Å². The predicted octanol–water partition coefficient (Wildman–Crippen LogP) is 1.09. The molecule has 0 spiro atoms. The number of hydrogen-bond donors (Lipinski definition) is 2. The van der Waals surface area contributed by atoms with Gasteiger partial charge in [-0.05, 0) is 20.8 Å². The molecule has 1 aliphatic rings.